The minimum absolute atomic E-state index is 0.603. The van der Waals surface area contributed by atoms with Gasteiger partial charge in [0.05, 0.1) is 0 Å². The Kier molecular flexibility index (Phi) is 5.25. The molecule has 1 aliphatic rings. The Bertz CT molecular complexity index is 413. The van der Waals surface area contributed by atoms with Crippen LogP contribution in [0.3, 0.4) is 0 Å². The van der Waals surface area contributed by atoms with Crippen molar-refractivity contribution in [3.63, 3.8) is 0 Å². The van der Waals surface area contributed by atoms with E-state index in [4.69, 9.17) is 4.74 Å². The molecule has 1 fully saturated rings. The predicted molar refractivity (Wildman–Crippen MR) is 83.0 cm³/mol. The van der Waals surface area contributed by atoms with Gasteiger partial charge in [0.1, 0.15) is 12.4 Å². The van der Waals surface area contributed by atoms with Crippen molar-refractivity contribution in [1.82, 2.24) is 10.2 Å². The van der Waals surface area contributed by atoms with E-state index in [9.17, 15) is 0 Å². The highest BCUT2D eigenvalue weighted by Crippen LogP contribution is 2.26. The third-order valence-corrected chi connectivity index (χ3v) is 4.95. The van der Waals surface area contributed by atoms with Crippen LogP contribution in [0.1, 0.15) is 18.1 Å². The maximum Gasteiger partial charge on any atom is 0.119 e. The average Bonchev–Trinajstić information content (AvgIpc) is 2.38. The number of aryl methyl sites for hydroxylation is 2. The van der Waals surface area contributed by atoms with Gasteiger partial charge in [0.25, 0.3) is 0 Å². The summed E-state index contributed by atoms with van der Waals surface area (Å²) in [5.41, 5.74) is 2.45. The Labute approximate surface area is 124 Å². The molecule has 1 saturated heterocycles. The van der Waals surface area contributed by atoms with Gasteiger partial charge in [0, 0.05) is 36.7 Å². The molecule has 1 atom stereocenters. The second-order valence-corrected chi connectivity index (χ2v) is 6.10. The van der Waals surface area contributed by atoms with Crippen molar-refractivity contribution in [2.24, 2.45) is 0 Å². The highest BCUT2D eigenvalue weighted by molar-refractivity contribution is 9.10. The molecule has 0 spiro atoms. The van der Waals surface area contributed by atoms with Crippen LogP contribution in [-0.2, 0) is 0 Å². The molecule has 1 aromatic carbocycles. The molecule has 1 aliphatic heterocycles. The summed E-state index contributed by atoms with van der Waals surface area (Å²) in [7, 11) is 0. The first-order valence-corrected chi connectivity index (χ1v) is 7.71. The number of piperazine rings is 1. The number of hydrogen-bond donors (Lipinski definition) is 1. The molecule has 0 radical (unpaired) electrons. The number of rotatable bonds is 4. The van der Waals surface area contributed by atoms with E-state index in [1.807, 2.05) is 0 Å². The molecule has 19 heavy (non-hydrogen) atoms. The monoisotopic (exact) mass is 326 g/mol. The van der Waals surface area contributed by atoms with Gasteiger partial charge in [-0.15, -0.1) is 0 Å². The van der Waals surface area contributed by atoms with Crippen LogP contribution < -0.4 is 10.1 Å². The zero-order chi connectivity index (χ0) is 13.8. The van der Waals surface area contributed by atoms with Crippen LogP contribution in [0.25, 0.3) is 0 Å². The van der Waals surface area contributed by atoms with Crippen LogP contribution in [0.2, 0.25) is 0 Å². The highest BCUT2D eigenvalue weighted by Gasteiger charge is 2.17. The number of nitrogens with one attached hydrogen (secondary N) is 1. The van der Waals surface area contributed by atoms with E-state index in [0.717, 1.165) is 38.5 Å². The van der Waals surface area contributed by atoms with Gasteiger partial charge in [0.2, 0.25) is 0 Å². The molecule has 2 rings (SSSR count). The Morgan fingerprint density at radius 3 is 2.68 bits per heavy atom. The molecule has 0 unspecified atom stereocenters. The van der Waals surface area contributed by atoms with Gasteiger partial charge >= 0.3 is 0 Å². The van der Waals surface area contributed by atoms with Crippen molar-refractivity contribution >= 4 is 15.9 Å². The number of halogens is 1. The fourth-order valence-corrected chi connectivity index (χ4v) is 2.71. The minimum atomic E-state index is 0.603. The van der Waals surface area contributed by atoms with Crippen molar-refractivity contribution in [2.75, 3.05) is 32.8 Å². The van der Waals surface area contributed by atoms with Crippen LogP contribution in [0.4, 0.5) is 0 Å². The zero-order valence-corrected chi connectivity index (χ0v) is 13.6. The number of nitrogens with zero attached hydrogens (tertiary/aromatic N) is 1. The normalized spacial score (nSPS) is 20.5. The van der Waals surface area contributed by atoms with Crippen LogP contribution in [0.5, 0.6) is 5.75 Å². The SMILES string of the molecule is Cc1cc(OCCN2CCNC[C@H]2C)cc(C)c1Br. The lowest BCUT2D eigenvalue weighted by molar-refractivity contribution is 0.143. The lowest BCUT2D eigenvalue weighted by atomic mass is 10.1. The van der Waals surface area contributed by atoms with Gasteiger partial charge in [-0.2, -0.15) is 0 Å². The van der Waals surface area contributed by atoms with Gasteiger partial charge in [-0.1, -0.05) is 15.9 Å². The van der Waals surface area contributed by atoms with Gasteiger partial charge in [-0.05, 0) is 44.0 Å². The second kappa shape index (κ2) is 6.73. The molecule has 106 valence electrons. The fourth-order valence-electron chi connectivity index (χ4n) is 2.49. The summed E-state index contributed by atoms with van der Waals surface area (Å²) in [4.78, 5) is 2.48. The largest absolute Gasteiger partial charge is 0.492 e. The topological polar surface area (TPSA) is 24.5 Å². The van der Waals surface area contributed by atoms with E-state index in [1.165, 1.54) is 15.6 Å². The zero-order valence-electron chi connectivity index (χ0n) is 12.0. The molecule has 0 saturated carbocycles. The number of hydrogen-bond acceptors (Lipinski definition) is 3. The van der Waals surface area contributed by atoms with Gasteiger partial charge in [-0.25, -0.2) is 0 Å². The van der Waals surface area contributed by atoms with Gasteiger partial charge < -0.3 is 10.1 Å². The fraction of sp³-hybridized carbons (Fsp3) is 0.600. The minimum Gasteiger partial charge on any atom is -0.492 e. The molecule has 0 aliphatic carbocycles. The Morgan fingerprint density at radius 2 is 2.05 bits per heavy atom. The molecule has 0 aromatic heterocycles. The van der Waals surface area contributed by atoms with Crippen molar-refractivity contribution in [3.8, 4) is 5.75 Å². The number of ether oxygens (including phenoxy) is 1. The molecule has 0 bridgehead atoms. The third kappa shape index (κ3) is 3.94. The first-order valence-electron chi connectivity index (χ1n) is 6.92. The van der Waals surface area contributed by atoms with Crippen LogP contribution >= 0.6 is 15.9 Å². The summed E-state index contributed by atoms with van der Waals surface area (Å²) in [6, 6.07) is 4.79. The van der Waals surface area contributed by atoms with E-state index < -0.39 is 0 Å². The van der Waals surface area contributed by atoms with E-state index in [-0.39, 0.29) is 0 Å². The van der Waals surface area contributed by atoms with E-state index in [1.54, 1.807) is 0 Å². The van der Waals surface area contributed by atoms with Gasteiger partial charge in [0.15, 0.2) is 0 Å². The number of benzene rings is 1. The molecule has 0 amide bonds. The van der Waals surface area contributed by atoms with Crippen molar-refractivity contribution in [3.05, 3.63) is 27.7 Å². The molecular formula is C15H23BrN2O. The maximum absolute atomic E-state index is 5.89. The summed E-state index contributed by atoms with van der Waals surface area (Å²) >= 11 is 3.58. The van der Waals surface area contributed by atoms with Crippen LogP contribution in [0, 0.1) is 13.8 Å². The maximum atomic E-state index is 5.89. The first kappa shape index (κ1) is 14.8. The molecule has 1 N–H and O–H groups in total. The van der Waals surface area contributed by atoms with E-state index >= 15 is 0 Å². The first-order chi connectivity index (χ1) is 9.08. The van der Waals surface area contributed by atoms with E-state index in [2.05, 4.69) is 59.1 Å². The molecular weight excluding hydrogens is 304 g/mol. The molecule has 3 nitrogen and oxygen atoms in total. The standard InChI is InChI=1S/C15H23BrN2O/c1-11-8-14(9-12(2)15(11)16)19-7-6-18-5-4-17-10-13(18)3/h8-9,13,17H,4-7,10H2,1-3H3/t13-/m1/s1. The lowest BCUT2D eigenvalue weighted by Crippen LogP contribution is -2.50. The highest BCUT2D eigenvalue weighted by atomic mass is 79.9. The quantitative estimate of drug-likeness (QED) is 0.920. The smallest absolute Gasteiger partial charge is 0.119 e. The Morgan fingerprint density at radius 1 is 1.37 bits per heavy atom. The van der Waals surface area contributed by atoms with Crippen molar-refractivity contribution in [2.45, 2.75) is 26.8 Å². The van der Waals surface area contributed by atoms with Crippen molar-refractivity contribution in [1.29, 1.82) is 0 Å². The summed E-state index contributed by atoms with van der Waals surface area (Å²) < 4.78 is 7.07. The van der Waals surface area contributed by atoms with Crippen LogP contribution in [-0.4, -0.2) is 43.7 Å². The summed E-state index contributed by atoms with van der Waals surface area (Å²) in [5, 5.41) is 3.41. The second-order valence-electron chi connectivity index (χ2n) is 5.31. The van der Waals surface area contributed by atoms with Gasteiger partial charge in [-0.3, -0.25) is 4.90 Å². The summed E-state index contributed by atoms with van der Waals surface area (Å²) in [5.74, 6) is 0.973. The predicted octanol–water partition coefficient (Wildman–Crippen LogP) is 2.74. The molecule has 4 heteroatoms. The van der Waals surface area contributed by atoms with Crippen molar-refractivity contribution < 1.29 is 4.74 Å². The average molecular weight is 327 g/mol. The Hall–Kier alpha value is -0.580. The van der Waals surface area contributed by atoms with E-state index in [0.29, 0.717) is 6.04 Å². The molecule has 1 heterocycles. The summed E-state index contributed by atoms with van der Waals surface area (Å²) in [6.45, 7) is 11.5. The lowest BCUT2D eigenvalue weighted by Gasteiger charge is -2.33. The van der Waals surface area contributed by atoms with Crippen LogP contribution in [0.15, 0.2) is 16.6 Å². The summed E-state index contributed by atoms with van der Waals surface area (Å²) in [6.07, 6.45) is 0. The molecule has 1 aromatic rings. The third-order valence-electron chi connectivity index (χ3n) is 3.70. The Balaban J connectivity index is 1.85.